The number of carbonyl (C=O) groups is 2. The predicted octanol–water partition coefficient (Wildman–Crippen LogP) is 3.89. The molecule has 1 aliphatic rings. The molecule has 142 valence electrons. The maximum atomic E-state index is 12.4. The van der Waals surface area contributed by atoms with Gasteiger partial charge in [-0.1, -0.05) is 24.3 Å². The second kappa shape index (κ2) is 8.58. The van der Waals surface area contributed by atoms with Gasteiger partial charge in [0, 0.05) is 24.3 Å². The van der Waals surface area contributed by atoms with Gasteiger partial charge in [-0.25, -0.2) is 4.79 Å². The smallest absolute Gasteiger partial charge is 0.321 e. The molecule has 0 unspecified atom stereocenters. The number of nitrogens with zero attached hydrogens (tertiary/aromatic N) is 1. The molecule has 2 aromatic carbocycles. The minimum absolute atomic E-state index is 0.0475. The number of aryl methyl sites for hydroxylation is 1. The molecule has 6 nitrogen and oxygen atoms in total. The third kappa shape index (κ3) is 5.48. The molecule has 0 bridgehead atoms. The van der Waals surface area contributed by atoms with Gasteiger partial charge in [-0.15, -0.1) is 0 Å². The number of benzene rings is 2. The Morgan fingerprint density at radius 2 is 1.85 bits per heavy atom. The van der Waals surface area contributed by atoms with Crippen LogP contribution in [0.4, 0.5) is 16.2 Å². The van der Waals surface area contributed by atoms with E-state index in [-0.39, 0.29) is 17.9 Å². The molecule has 2 N–H and O–H groups in total. The van der Waals surface area contributed by atoms with Gasteiger partial charge in [0.2, 0.25) is 5.91 Å². The summed E-state index contributed by atoms with van der Waals surface area (Å²) in [5.41, 5.74) is 2.31. The normalized spacial score (nSPS) is 13.0. The molecule has 1 saturated carbocycles. The number of hydrogen-bond acceptors (Lipinski definition) is 3. The largest absolute Gasteiger partial charge is 0.492 e. The van der Waals surface area contributed by atoms with Crippen LogP contribution in [0.1, 0.15) is 18.4 Å². The van der Waals surface area contributed by atoms with Gasteiger partial charge in [0.15, 0.2) is 0 Å². The lowest BCUT2D eigenvalue weighted by Gasteiger charge is -2.19. The summed E-state index contributed by atoms with van der Waals surface area (Å²) in [6, 6.07) is 14.8. The van der Waals surface area contributed by atoms with Gasteiger partial charge in [-0.2, -0.15) is 0 Å². The van der Waals surface area contributed by atoms with Crippen LogP contribution >= 0.6 is 0 Å². The maximum Gasteiger partial charge on any atom is 0.321 e. The molecule has 1 fully saturated rings. The minimum atomic E-state index is -0.222. The fraction of sp³-hybridized carbons (Fsp3) is 0.333. The fourth-order valence-corrected chi connectivity index (χ4v) is 2.55. The van der Waals surface area contributed by atoms with Crippen molar-refractivity contribution < 1.29 is 14.3 Å². The van der Waals surface area contributed by atoms with Gasteiger partial charge in [0.25, 0.3) is 0 Å². The van der Waals surface area contributed by atoms with Crippen molar-refractivity contribution in [2.75, 3.05) is 30.8 Å². The molecule has 0 aromatic heterocycles. The highest BCUT2D eigenvalue weighted by Gasteiger charge is 2.29. The highest BCUT2D eigenvalue weighted by molar-refractivity contribution is 5.96. The molecule has 2 aromatic rings. The molecule has 0 spiro atoms. The van der Waals surface area contributed by atoms with Crippen molar-refractivity contribution >= 4 is 23.3 Å². The van der Waals surface area contributed by atoms with Crippen molar-refractivity contribution in [2.24, 2.45) is 5.92 Å². The van der Waals surface area contributed by atoms with E-state index >= 15 is 0 Å². The van der Waals surface area contributed by atoms with E-state index in [4.69, 9.17) is 4.74 Å². The van der Waals surface area contributed by atoms with E-state index in [1.807, 2.05) is 49.4 Å². The van der Waals surface area contributed by atoms with E-state index < -0.39 is 0 Å². The van der Waals surface area contributed by atoms with E-state index in [1.165, 1.54) is 0 Å². The topological polar surface area (TPSA) is 70.7 Å². The standard InChI is InChI=1S/C21H25N3O3/c1-15-8-11-17(22-20(25)16-9-10-16)14-19(15)23-21(26)24(2)12-13-27-18-6-4-3-5-7-18/h3-8,11,14,16H,9-10,12-13H2,1-2H3,(H,22,25)(H,23,26). The van der Waals surface area contributed by atoms with Crippen LogP contribution in [-0.4, -0.2) is 37.0 Å². The van der Waals surface area contributed by atoms with Crippen LogP contribution < -0.4 is 15.4 Å². The Bertz CT molecular complexity index is 804. The quantitative estimate of drug-likeness (QED) is 0.780. The number of para-hydroxylation sites is 1. The SMILES string of the molecule is Cc1ccc(NC(=O)C2CC2)cc1NC(=O)N(C)CCOc1ccccc1. The number of amides is 3. The number of hydrogen-bond donors (Lipinski definition) is 2. The lowest BCUT2D eigenvalue weighted by atomic mass is 10.1. The third-order valence-electron chi connectivity index (χ3n) is 4.48. The molecule has 6 heteroatoms. The molecule has 0 radical (unpaired) electrons. The van der Waals surface area contributed by atoms with Crippen LogP contribution in [0.2, 0.25) is 0 Å². The second-order valence-corrected chi connectivity index (χ2v) is 6.81. The van der Waals surface area contributed by atoms with Crippen LogP contribution in [0.15, 0.2) is 48.5 Å². The van der Waals surface area contributed by atoms with E-state index in [0.717, 1.165) is 24.2 Å². The van der Waals surface area contributed by atoms with Crippen molar-refractivity contribution in [3.63, 3.8) is 0 Å². The van der Waals surface area contributed by atoms with Crippen molar-refractivity contribution in [1.82, 2.24) is 4.90 Å². The number of rotatable bonds is 7. The summed E-state index contributed by atoms with van der Waals surface area (Å²) in [6.07, 6.45) is 1.91. The van der Waals surface area contributed by atoms with Gasteiger partial charge in [0.05, 0.1) is 6.54 Å². The number of anilines is 2. The van der Waals surface area contributed by atoms with E-state index in [0.29, 0.717) is 24.5 Å². The van der Waals surface area contributed by atoms with Crippen LogP contribution in [0, 0.1) is 12.8 Å². The number of urea groups is 1. The molecular weight excluding hydrogens is 342 g/mol. The summed E-state index contributed by atoms with van der Waals surface area (Å²) in [5, 5.41) is 5.80. The first-order valence-electron chi connectivity index (χ1n) is 9.14. The Morgan fingerprint density at radius 3 is 2.56 bits per heavy atom. The van der Waals surface area contributed by atoms with E-state index in [1.54, 1.807) is 18.0 Å². The molecule has 3 amide bonds. The van der Waals surface area contributed by atoms with Gasteiger partial charge < -0.3 is 20.3 Å². The summed E-state index contributed by atoms with van der Waals surface area (Å²) in [7, 11) is 1.72. The van der Waals surface area contributed by atoms with Crippen molar-refractivity contribution in [2.45, 2.75) is 19.8 Å². The summed E-state index contributed by atoms with van der Waals surface area (Å²) < 4.78 is 5.62. The molecule has 0 saturated heterocycles. The van der Waals surface area contributed by atoms with Gasteiger partial charge in [-0.3, -0.25) is 4.79 Å². The summed E-state index contributed by atoms with van der Waals surface area (Å²) in [6.45, 7) is 2.78. The van der Waals surface area contributed by atoms with Crippen molar-refractivity contribution in [3.05, 3.63) is 54.1 Å². The zero-order valence-corrected chi connectivity index (χ0v) is 15.7. The Balaban J connectivity index is 1.52. The number of carbonyl (C=O) groups excluding carboxylic acids is 2. The first kappa shape index (κ1) is 18.8. The Hall–Kier alpha value is -3.02. The number of likely N-dealkylation sites (N-methyl/N-ethyl adjacent to an activating group) is 1. The Labute approximate surface area is 159 Å². The molecular formula is C21H25N3O3. The lowest BCUT2D eigenvalue weighted by molar-refractivity contribution is -0.117. The lowest BCUT2D eigenvalue weighted by Crippen LogP contribution is -2.34. The van der Waals surface area contributed by atoms with Gasteiger partial charge >= 0.3 is 6.03 Å². The van der Waals surface area contributed by atoms with Gasteiger partial charge in [0.1, 0.15) is 12.4 Å². The Morgan fingerprint density at radius 1 is 1.11 bits per heavy atom. The minimum Gasteiger partial charge on any atom is -0.492 e. The van der Waals surface area contributed by atoms with Crippen LogP contribution in [0.3, 0.4) is 0 Å². The fourth-order valence-electron chi connectivity index (χ4n) is 2.55. The first-order chi connectivity index (χ1) is 13.0. The number of nitrogens with one attached hydrogen (secondary N) is 2. The molecule has 0 aliphatic heterocycles. The monoisotopic (exact) mass is 367 g/mol. The van der Waals surface area contributed by atoms with E-state index in [9.17, 15) is 9.59 Å². The summed E-state index contributed by atoms with van der Waals surface area (Å²) >= 11 is 0. The summed E-state index contributed by atoms with van der Waals surface area (Å²) in [4.78, 5) is 25.9. The van der Waals surface area contributed by atoms with Crippen molar-refractivity contribution in [1.29, 1.82) is 0 Å². The Kier molecular flexibility index (Phi) is 5.96. The van der Waals surface area contributed by atoms with Crippen LogP contribution in [0.5, 0.6) is 5.75 Å². The molecule has 27 heavy (non-hydrogen) atoms. The molecule has 1 aliphatic carbocycles. The maximum absolute atomic E-state index is 12.4. The first-order valence-corrected chi connectivity index (χ1v) is 9.14. The average Bonchev–Trinajstić information content (AvgIpc) is 3.50. The van der Waals surface area contributed by atoms with Crippen molar-refractivity contribution in [3.8, 4) is 5.75 Å². The van der Waals surface area contributed by atoms with Crippen LogP contribution in [0.25, 0.3) is 0 Å². The summed E-state index contributed by atoms with van der Waals surface area (Å²) in [5.74, 6) is 0.965. The highest BCUT2D eigenvalue weighted by atomic mass is 16.5. The van der Waals surface area contributed by atoms with E-state index in [2.05, 4.69) is 10.6 Å². The zero-order valence-electron chi connectivity index (χ0n) is 15.7. The van der Waals surface area contributed by atoms with Gasteiger partial charge in [-0.05, 0) is 49.6 Å². The molecule has 3 rings (SSSR count). The second-order valence-electron chi connectivity index (χ2n) is 6.81. The average molecular weight is 367 g/mol. The zero-order chi connectivity index (χ0) is 19.2. The number of ether oxygens (including phenoxy) is 1. The predicted molar refractivity (Wildman–Crippen MR) is 106 cm³/mol. The third-order valence-corrected chi connectivity index (χ3v) is 4.48. The molecule has 0 heterocycles. The highest BCUT2D eigenvalue weighted by Crippen LogP contribution is 2.30. The molecule has 0 atom stereocenters. The van der Waals surface area contributed by atoms with Crippen LogP contribution in [-0.2, 0) is 4.79 Å².